The summed E-state index contributed by atoms with van der Waals surface area (Å²) in [7, 11) is 1.65. The smallest absolute Gasteiger partial charge is 0.164 e. The van der Waals surface area contributed by atoms with Crippen molar-refractivity contribution >= 4 is 31.0 Å². The van der Waals surface area contributed by atoms with Gasteiger partial charge in [0.15, 0.2) is 4.33 Å². The van der Waals surface area contributed by atoms with Crippen molar-refractivity contribution in [1.82, 2.24) is 0 Å². The molecule has 3 atom stereocenters. The zero-order chi connectivity index (χ0) is 8.65. The number of ether oxygens (including phenoxy) is 1. The lowest BCUT2D eigenvalue weighted by molar-refractivity contribution is -0.00422. The number of aliphatic hydroxyl groups is 2. The molecule has 0 spiro atoms. The van der Waals surface area contributed by atoms with E-state index < -0.39 is 22.5 Å². The molecule has 2 N–H and O–H groups in total. The predicted molar refractivity (Wildman–Crippen MR) is 44.7 cm³/mol. The molecule has 64 valence electrons. The maximum Gasteiger partial charge on any atom is 0.164 e. The van der Waals surface area contributed by atoms with Crippen LogP contribution in [0.3, 0.4) is 0 Å². The lowest BCUT2D eigenvalue weighted by atomic mass is 9.95. The monoisotopic (exact) mass is 198 g/mol. The summed E-state index contributed by atoms with van der Waals surface area (Å²) in [5, 5.41) is 18.0. The second-order valence-electron chi connectivity index (χ2n) is 2.62. The van der Waals surface area contributed by atoms with Crippen molar-refractivity contribution < 1.29 is 14.9 Å². The zero-order valence-corrected chi connectivity index (χ0v) is 7.51. The van der Waals surface area contributed by atoms with E-state index in [0.29, 0.717) is 0 Å². The normalized spacial score (nSPS) is 42.7. The first-order valence-electron chi connectivity index (χ1n) is 3.32. The Morgan fingerprint density at radius 2 is 2.09 bits per heavy atom. The number of rotatable bonds is 1. The van der Waals surface area contributed by atoms with Crippen molar-refractivity contribution in [2.24, 2.45) is 0 Å². The minimum atomic E-state index is -1.30. The van der Waals surface area contributed by atoms with Crippen LogP contribution >= 0.6 is 23.2 Å². The number of hydrogen-bond acceptors (Lipinski definition) is 3. The fraction of sp³-hybridized carbons (Fsp3) is 1.00. The Labute approximate surface area is 75.7 Å². The van der Waals surface area contributed by atoms with Gasteiger partial charge in [0.2, 0.25) is 0 Å². The number of hydrogen-bond donors (Lipinski definition) is 2. The number of halogens is 2. The molecule has 1 aliphatic rings. The minimum absolute atomic E-state index is 0.271. The molecule has 0 aromatic rings. The maximum atomic E-state index is 9.34. The van der Waals surface area contributed by atoms with Crippen LogP contribution in [0.4, 0.5) is 0 Å². The van der Waals surface area contributed by atoms with Crippen LogP contribution in [0.25, 0.3) is 0 Å². The standard InChI is InChI=1S/C5H9BCl2O3/c6-4-5(7,8)3(10)2(1-9)11-4/h2-4,9-10H,1,6H2/t2-,3-,4-/m1/s1. The number of aliphatic hydroxyl groups excluding tert-OH is 2. The van der Waals surface area contributed by atoms with Crippen LogP contribution in [0.15, 0.2) is 0 Å². The van der Waals surface area contributed by atoms with Gasteiger partial charge in [-0.1, -0.05) is 23.2 Å². The van der Waals surface area contributed by atoms with Crippen molar-refractivity contribution in [1.29, 1.82) is 0 Å². The molecular formula is C5H9BCl2O3. The van der Waals surface area contributed by atoms with Gasteiger partial charge < -0.3 is 14.9 Å². The second-order valence-corrected chi connectivity index (χ2v) is 4.06. The molecule has 0 unspecified atom stereocenters. The van der Waals surface area contributed by atoms with Gasteiger partial charge >= 0.3 is 0 Å². The molecule has 1 saturated heterocycles. The summed E-state index contributed by atoms with van der Waals surface area (Å²) in [5.41, 5.74) is 0. The van der Waals surface area contributed by atoms with Crippen molar-refractivity contribution in [2.75, 3.05) is 6.61 Å². The molecule has 3 nitrogen and oxygen atoms in total. The third-order valence-corrected chi connectivity index (χ3v) is 2.91. The van der Waals surface area contributed by atoms with Gasteiger partial charge in [0.05, 0.1) is 12.6 Å². The molecule has 0 aliphatic carbocycles. The molecule has 0 saturated carbocycles. The molecule has 0 aromatic heterocycles. The Hall–Kier alpha value is 0.525. The summed E-state index contributed by atoms with van der Waals surface area (Å²) in [6.45, 7) is -0.271. The van der Waals surface area contributed by atoms with Crippen molar-refractivity contribution in [3.63, 3.8) is 0 Å². The lowest BCUT2D eigenvalue weighted by Crippen LogP contribution is -2.38. The molecule has 1 rings (SSSR count). The van der Waals surface area contributed by atoms with Crippen LogP contribution in [0.5, 0.6) is 0 Å². The second kappa shape index (κ2) is 3.11. The minimum Gasteiger partial charge on any atom is -0.394 e. The quantitative estimate of drug-likeness (QED) is 0.415. The maximum absolute atomic E-state index is 9.34. The van der Waals surface area contributed by atoms with Gasteiger partial charge in [-0.3, -0.25) is 0 Å². The average molecular weight is 199 g/mol. The Kier molecular flexibility index (Phi) is 2.72. The fourth-order valence-corrected chi connectivity index (χ4v) is 1.44. The van der Waals surface area contributed by atoms with E-state index in [4.69, 9.17) is 33.0 Å². The van der Waals surface area contributed by atoms with Crippen LogP contribution in [0, 0.1) is 0 Å². The van der Waals surface area contributed by atoms with Crippen LogP contribution in [0.1, 0.15) is 0 Å². The Balaban J connectivity index is 2.71. The topological polar surface area (TPSA) is 49.7 Å². The largest absolute Gasteiger partial charge is 0.394 e. The number of alkyl halides is 2. The third kappa shape index (κ3) is 1.51. The average Bonchev–Trinajstić information content (AvgIpc) is 2.14. The van der Waals surface area contributed by atoms with E-state index in [-0.39, 0.29) is 6.61 Å². The SMILES string of the molecule is B[C@@H]1O[C@H](CO)[C@@H](O)C1(Cl)Cl. The van der Waals surface area contributed by atoms with E-state index >= 15 is 0 Å². The lowest BCUT2D eigenvalue weighted by Gasteiger charge is -2.19. The first-order valence-corrected chi connectivity index (χ1v) is 4.08. The Bertz CT molecular complexity index is 155. The summed E-state index contributed by atoms with van der Waals surface area (Å²) in [6.07, 6.45) is -1.69. The molecular weight excluding hydrogens is 190 g/mol. The summed E-state index contributed by atoms with van der Waals surface area (Å²) in [4.78, 5) is 0. The predicted octanol–water partition coefficient (Wildman–Crippen LogP) is -1.13. The highest BCUT2D eigenvalue weighted by Gasteiger charge is 2.51. The molecule has 0 bridgehead atoms. The van der Waals surface area contributed by atoms with E-state index in [9.17, 15) is 5.11 Å². The van der Waals surface area contributed by atoms with Gasteiger partial charge in [-0.2, -0.15) is 0 Å². The molecule has 0 amide bonds. The van der Waals surface area contributed by atoms with Crippen LogP contribution in [-0.4, -0.2) is 47.2 Å². The van der Waals surface area contributed by atoms with Gasteiger partial charge in [-0.25, -0.2) is 0 Å². The van der Waals surface area contributed by atoms with Gasteiger partial charge in [-0.05, 0) is 0 Å². The van der Waals surface area contributed by atoms with E-state index in [0.717, 1.165) is 0 Å². The van der Waals surface area contributed by atoms with Crippen LogP contribution < -0.4 is 0 Å². The molecule has 0 radical (unpaired) electrons. The Morgan fingerprint density at radius 3 is 2.27 bits per heavy atom. The summed E-state index contributed by atoms with van der Waals surface area (Å²) in [5.74, 6) is 0. The third-order valence-electron chi connectivity index (χ3n) is 1.85. The van der Waals surface area contributed by atoms with Crippen LogP contribution in [-0.2, 0) is 4.74 Å². The van der Waals surface area contributed by atoms with E-state index in [1.807, 2.05) is 0 Å². The fourth-order valence-electron chi connectivity index (χ4n) is 1.06. The summed E-state index contributed by atoms with van der Waals surface area (Å²) < 4.78 is 3.78. The summed E-state index contributed by atoms with van der Waals surface area (Å²) in [6, 6.07) is -0.460. The molecule has 0 aromatic carbocycles. The van der Waals surface area contributed by atoms with Crippen LogP contribution in [0.2, 0.25) is 0 Å². The van der Waals surface area contributed by atoms with Gasteiger partial charge in [0.1, 0.15) is 20.1 Å². The first-order chi connectivity index (χ1) is 5.00. The van der Waals surface area contributed by atoms with Crippen molar-refractivity contribution in [3.8, 4) is 0 Å². The van der Waals surface area contributed by atoms with E-state index in [1.165, 1.54) is 0 Å². The Morgan fingerprint density at radius 1 is 1.55 bits per heavy atom. The van der Waals surface area contributed by atoms with Gasteiger partial charge in [0.25, 0.3) is 0 Å². The van der Waals surface area contributed by atoms with E-state index in [2.05, 4.69) is 0 Å². The zero-order valence-electron chi connectivity index (χ0n) is 6.00. The highest BCUT2D eigenvalue weighted by molar-refractivity contribution is 6.52. The van der Waals surface area contributed by atoms with Crippen molar-refractivity contribution in [2.45, 2.75) is 22.5 Å². The van der Waals surface area contributed by atoms with Crippen molar-refractivity contribution in [3.05, 3.63) is 0 Å². The molecule has 1 heterocycles. The highest BCUT2D eigenvalue weighted by atomic mass is 35.5. The molecule has 11 heavy (non-hydrogen) atoms. The highest BCUT2D eigenvalue weighted by Crippen LogP contribution is 2.38. The van der Waals surface area contributed by atoms with E-state index in [1.54, 1.807) is 7.85 Å². The first kappa shape index (κ1) is 9.61. The summed E-state index contributed by atoms with van der Waals surface area (Å²) >= 11 is 11.4. The molecule has 1 aliphatic heterocycles. The van der Waals surface area contributed by atoms with Gasteiger partial charge in [-0.15, -0.1) is 0 Å². The van der Waals surface area contributed by atoms with Gasteiger partial charge in [0, 0.05) is 0 Å². The molecule has 1 fully saturated rings. The molecule has 6 heteroatoms.